The van der Waals surface area contributed by atoms with Gasteiger partial charge in [0.1, 0.15) is 19.9 Å². The lowest BCUT2D eigenvalue weighted by molar-refractivity contribution is -0.587. The molecule has 1 aromatic carbocycles. The van der Waals surface area contributed by atoms with Crippen molar-refractivity contribution in [3.05, 3.63) is 54.4 Å². The summed E-state index contributed by atoms with van der Waals surface area (Å²) in [6, 6.07) is 12.6. The number of nitrogens with zero attached hydrogens (tertiary/aromatic N) is 1. The Kier molecular flexibility index (Phi) is 9.08. The molecule has 3 rings (SSSR count). The molecule has 0 radical (unpaired) electrons. The molecule has 2 aromatic rings. The second kappa shape index (κ2) is 11.5. The highest BCUT2D eigenvalue weighted by atomic mass is 28.3. The van der Waals surface area contributed by atoms with E-state index in [2.05, 4.69) is 85.7 Å². The van der Waals surface area contributed by atoms with E-state index in [9.17, 15) is 4.79 Å². The maximum atomic E-state index is 13.6. The molecule has 4 nitrogen and oxygen atoms in total. The van der Waals surface area contributed by atoms with Crippen LogP contribution in [0.1, 0.15) is 86.6 Å². The Bertz CT molecular complexity index is 994. The van der Waals surface area contributed by atoms with Crippen LogP contribution in [0.4, 0.5) is 4.79 Å². The fourth-order valence-corrected chi connectivity index (χ4v) is 14.2. The van der Waals surface area contributed by atoms with Crippen LogP contribution < -0.4 is 14.5 Å². The third-order valence-electron chi connectivity index (χ3n) is 9.08. The lowest BCUT2D eigenvalue weighted by atomic mass is 9.66. The number of methoxy groups -OCH3 is 1. The van der Waals surface area contributed by atoms with Crippen LogP contribution in [0.3, 0.4) is 0 Å². The first-order chi connectivity index (χ1) is 17.0. The molecule has 36 heavy (non-hydrogen) atoms. The number of pyridine rings is 1. The standard InChI is InChI=1S/C31H48NO3Si/c1-22(2)36(23(3)4,24(5)6)29-21-32(20-19-28(29)34-9)30(33)35-27-18-14-13-17-26(27)31(7,8)25-15-11-10-12-16-25/h10-12,15-16,19-24,26-27H,13-14,17-18H2,1-9H3/q+1. The molecule has 5 heteroatoms. The van der Waals surface area contributed by atoms with E-state index in [4.69, 9.17) is 9.47 Å². The molecule has 198 valence electrons. The summed E-state index contributed by atoms with van der Waals surface area (Å²) in [5.74, 6) is 1.17. The highest BCUT2D eigenvalue weighted by molar-refractivity contribution is 6.95. The summed E-state index contributed by atoms with van der Waals surface area (Å²) in [7, 11) is -0.304. The monoisotopic (exact) mass is 510 g/mol. The highest BCUT2D eigenvalue weighted by Gasteiger charge is 2.48. The molecule has 1 aromatic heterocycles. The van der Waals surface area contributed by atoms with Crippen LogP contribution in [-0.4, -0.2) is 27.4 Å². The van der Waals surface area contributed by atoms with Crippen LogP contribution >= 0.6 is 0 Å². The molecule has 1 heterocycles. The fraction of sp³-hybridized carbons (Fsp3) is 0.613. The summed E-state index contributed by atoms with van der Waals surface area (Å²) < 4.78 is 13.9. The quantitative estimate of drug-likeness (QED) is 0.274. The molecule has 1 fully saturated rings. The van der Waals surface area contributed by atoms with Gasteiger partial charge >= 0.3 is 6.09 Å². The van der Waals surface area contributed by atoms with E-state index in [1.54, 1.807) is 11.7 Å². The van der Waals surface area contributed by atoms with Gasteiger partial charge in [0.15, 0.2) is 12.4 Å². The summed E-state index contributed by atoms with van der Waals surface area (Å²) in [6.45, 7) is 18.6. The predicted molar refractivity (Wildman–Crippen MR) is 151 cm³/mol. The van der Waals surface area contributed by atoms with Crippen LogP contribution in [-0.2, 0) is 10.2 Å². The van der Waals surface area contributed by atoms with Gasteiger partial charge in [0.05, 0.1) is 7.11 Å². The summed E-state index contributed by atoms with van der Waals surface area (Å²) in [4.78, 5) is 13.6. The number of rotatable bonds is 8. The van der Waals surface area contributed by atoms with E-state index in [1.165, 1.54) is 17.2 Å². The average Bonchev–Trinajstić information content (AvgIpc) is 2.84. The molecule has 2 unspecified atom stereocenters. The van der Waals surface area contributed by atoms with Crippen LogP contribution in [0.5, 0.6) is 5.75 Å². The Hall–Kier alpha value is -2.14. The van der Waals surface area contributed by atoms with Gasteiger partial charge in [0.2, 0.25) is 0 Å². The van der Waals surface area contributed by atoms with Crippen molar-refractivity contribution >= 4 is 19.4 Å². The maximum absolute atomic E-state index is 13.6. The Labute approximate surface area is 220 Å². The van der Waals surface area contributed by atoms with Gasteiger partial charge in [-0.3, -0.25) is 0 Å². The van der Waals surface area contributed by atoms with E-state index in [-0.39, 0.29) is 23.5 Å². The first-order valence-electron chi connectivity index (χ1n) is 13.8. The van der Waals surface area contributed by atoms with Gasteiger partial charge in [0.25, 0.3) is 0 Å². The molecule has 0 bridgehead atoms. The van der Waals surface area contributed by atoms with Crippen molar-refractivity contribution in [3.63, 3.8) is 0 Å². The van der Waals surface area contributed by atoms with Crippen molar-refractivity contribution in [1.82, 2.24) is 0 Å². The molecule has 0 saturated heterocycles. The molecule has 0 N–H and O–H groups in total. The first kappa shape index (κ1) is 28.4. The van der Waals surface area contributed by atoms with Gasteiger partial charge < -0.3 is 9.47 Å². The molecule has 1 aliphatic carbocycles. The number of ether oxygens (including phenoxy) is 2. The van der Waals surface area contributed by atoms with Crippen molar-refractivity contribution in [3.8, 4) is 5.75 Å². The second-order valence-corrected chi connectivity index (χ2v) is 18.0. The molecule has 0 spiro atoms. The topological polar surface area (TPSA) is 39.4 Å². The molecule has 2 atom stereocenters. The van der Waals surface area contributed by atoms with Crippen molar-refractivity contribution in [2.75, 3.05) is 7.11 Å². The predicted octanol–water partition coefficient (Wildman–Crippen LogP) is 7.39. The SMILES string of the molecule is COc1cc[n+](C(=O)OC2CCCCC2C(C)(C)c2ccccc2)cc1[Si](C(C)C)(C(C)C)C(C)C. The van der Waals surface area contributed by atoms with Crippen LogP contribution in [0.25, 0.3) is 0 Å². The number of hydrogen-bond donors (Lipinski definition) is 0. The number of benzene rings is 1. The third kappa shape index (κ3) is 5.27. The number of aromatic nitrogens is 1. The van der Waals surface area contributed by atoms with E-state index >= 15 is 0 Å². The fourth-order valence-electron chi connectivity index (χ4n) is 7.37. The zero-order valence-electron chi connectivity index (χ0n) is 24.0. The molecule has 1 saturated carbocycles. The van der Waals surface area contributed by atoms with Gasteiger partial charge in [-0.2, -0.15) is 4.79 Å². The molecule has 1 aliphatic rings. The Morgan fingerprint density at radius 1 is 0.944 bits per heavy atom. The molecule has 0 aliphatic heterocycles. The number of hydrogen-bond acceptors (Lipinski definition) is 3. The normalized spacial score (nSPS) is 19.1. The maximum Gasteiger partial charge on any atom is 0.602 e. The summed E-state index contributed by atoms with van der Waals surface area (Å²) in [6.07, 6.45) is 7.74. The van der Waals surface area contributed by atoms with Crippen molar-refractivity contribution in [2.24, 2.45) is 5.92 Å². The Morgan fingerprint density at radius 2 is 1.53 bits per heavy atom. The Balaban J connectivity index is 1.96. The zero-order chi connectivity index (χ0) is 26.7. The minimum Gasteiger partial charge on any atom is -0.496 e. The van der Waals surface area contributed by atoms with E-state index in [0.29, 0.717) is 16.6 Å². The largest absolute Gasteiger partial charge is 0.602 e. The lowest BCUT2D eigenvalue weighted by Gasteiger charge is -2.43. The summed E-state index contributed by atoms with van der Waals surface area (Å²) >= 11 is 0. The van der Waals surface area contributed by atoms with Gasteiger partial charge in [-0.15, -0.1) is 0 Å². The van der Waals surface area contributed by atoms with Crippen LogP contribution in [0.2, 0.25) is 16.6 Å². The van der Waals surface area contributed by atoms with E-state index in [1.807, 2.05) is 18.5 Å². The van der Waals surface area contributed by atoms with Crippen LogP contribution in [0.15, 0.2) is 48.8 Å². The van der Waals surface area contributed by atoms with Gasteiger partial charge in [-0.05, 0) is 46.9 Å². The minimum absolute atomic E-state index is 0.0721. The zero-order valence-corrected chi connectivity index (χ0v) is 25.0. The molecular weight excluding hydrogens is 462 g/mol. The first-order valence-corrected chi connectivity index (χ1v) is 16.1. The Morgan fingerprint density at radius 3 is 2.08 bits per heavy atom. The number of carbonyl (C=O) groups is 1. The summed E-state index contributed by atoms with van der Waals surface area (Å²) in [5.41, 5.74) is 2.75. The third-order valence-corrected chi connectivity index (χ3v) is 16.1. The lowest BCUT2D eigenvalue weighted by Crippen LogP contribution is -2.59. The van der Waals surface area contributed by atoms with Gasteiger partial charge in [-0.1, -0.05) is 96.7 Å². The van der Waals surface area contributed by atoms with Crippen molar-refractivity contribution < 1.29 is 18.8 Å². The molecular formula is C31H48NO3Si+. The van der Waals surface area contributed by atoms with Gasteiger partial charge in [-0.25, -0.2) is 0 Å². The van der Waals surface area contributed by atoms with Gasteiger partial charge in [0, 0.05) is 17.2 Å². The minimum atomic E-state index is -2.04. The summed E-state index contributed by atoms with van der Waals surface area (Å²) in [5, 5.41) is 1.22. The van der Waals surface area contributed by atoms with E-state index in [0.717, 1.165) is 25.0 Å². The number of carbonyl (C=O) groups excluding carboxylic acids is 1. The van der Waals surface area contributed by atoms with Crippen molar-refractivity contribution in [2.45, 2.75) is 109 Å². The second-order valence-electron chi connectivity index (χ2n) is 12.1. The van der Waals surface area contributed by atoms with E-state index < -0.39 is 8.07 Å². The smallest absolute Gasteiger partial charge is 0.496 e. The van der Waals surface area contributed by atoms with Crippen LogP contribution in [0, 0.1) is 5.92 Å². The average molecular weight is 511 g/mol. The van der Waals surface area contributed by atoms with Crippen molar-refractivity contribution in [1.29, 1.82) is 0 Å². The highest BCUT2D eigenvalue weighted by Crippen LogP contribution is 2.43. The molecule has 0 amide bonds.